The minimum Gasteiger partial charge on any atom is -0.368 e. The summed E-state index contributed by atoms with van der Waals surface area (Å²) in [5.74, 6) is 0.490. The van der Waals surface area contributed by atoms with E-state index in [0.29, 0.717) is 31.2 Å². The Morgan fingerprint density at radius 1 is 1.05 bits per heavy atom. The summed E-state index contributed by atoms with van der Waals surface area (Å²) < 4.78 is 1.71. The van der Waals surface area contributed by atoms with E-state index in [0.717, 1.165) is 55.8 Å². The molecule has 2 amide bonds. The maximum absolute atomic E-state index is 12.9. The Balaban J connectivity index is 1.28. The third kappa shape index (κ3) is 5.50. The van der Waals surface area contributed by atoms with Crippen LogP contribution in [-0.2, 0) is 16.1 Å². The van der Waals surface area contributed by atoms with Crippen LogP contribution in [0, 0.1) is 5.41 Å². The number of aryl methyl sites for hydroxylation is 1. The summed E-state index contributed by atoms with van der Waals surface area (Å²) in [6, 6.07) is 11.4. The van der Waals surface area contributed by atoms with E-state index in [1.54, 1.807) is 34.7 Å². The predicted octanol–water partition coefficient (Wildman–Crippen LogP) is 3.02. The van der Waals surface area contributed by atoms with E-state index in [2.05, 4.69) is 28.7 Å². The average Bonchev–Trinajstić information content (AvgIpc) is 2.93. The largest absolute Gasteiger partial charge is 0.368 e. The first-order valence-corrected chi connectivity index (χ1v) is 13.5. The number of fused-ring (bicyclic) bond motifs is 1. The van der Waals surface area contributed by atoms with Crippen LogP contribution in [-0.4, -0.2) is 75.4 Å². The highest BCUT2D eigenvalue weighted by molar-refractivity contribution is 5.87. The van der Waals surface area contributed by atoms with Crippen molar-refractivity contribution in [2.45, 2.75) is 33.2 Å². The van der Waals surface area contributed by atoms with Crippen molar-refractivity contribution < 1.29 is 9.59 Å². The predicted molar refractivity (Wildman–Crippen MR) is 152 cm³/mol. The average molecular weight is 530 g/mol. The lowest BCUT2D eigenvalue weighted by Crippen LogP contribution is -2.58. The molecular formula is C29H35N7O3. The van der Waals surface area contributed by atoms with Gasteiger partial charge in [0.2, 0.25) is 17.8 Å². The standard InChI is InChI=1S/C29H35N7O3/c1-4-25(38)35-19-29(5-2,20-35)12-13-36-26(39)11-6-22-18-30-28(32-27(22)36)31-23-7-9-24(10-8-23)34-16-14-33(15-17-34)21(3)37/h4,6-11,18H,1,5,12-17,19-20H2,2-3H3,(H,30,31,32). The van der Waals surface area contributed by atoms with Crippen LogP contribution in [0.3, 0.4) is 0 Å². The summed E-state index contributed by atoms with van der Waals surface area (Å²) in [4.78, 5) is 51.5. The third-order valence-corrected chi connectivity index (χ3v) is 8.09. The van der Waals surface area contributed by atoms with Crippen LogP contribution in [0.25, 0.3) is 11.0 Å². The van der Waals surface area contributed by atoms with Gasteiger partial charge in [-0.25, -0.2) is 4.98 Å². The molecule has 2 fully saturated rings. The topological polar surface area (TPSA) is 104 Å². The number of carbonyl (C=O) groups is 2. The van der Waals surface area contributed by atoms with Crippen LogP contribution in [0.15, 0.2) is 60.0 Å². The van der Waals surface area contributed by atoms with Gasteiger partial charge in [-0.1, -0.05) is 13.5 Å². The number of amides is 2. The molecule has 2 aliphatic heterocycles. The highest BCUT2D eigenvalue weighted by Gasteiger charge is 2.42. The van der Waals surface area contributed by atoms with Gasteiger partial charge in [0.25, 0.3) is 5.56 Å². The van der Waals surface area contributed by atoms with Gasteiger partial charge >= 0.3 is 0 Å². The normalized spacial score (nSPS) is 16.6. The number of aromatic nitrogens is 3. The number of rotatable bonds is 8. The number of hydrogen-bond acceptors (Lipinski definition) is 7. The van der Waals surface area contributed by atoms with Crippen LogP contribution in [0.1, 0.15) is 26.7 Å². The number of nitrogens with zero attached hydrogens (tertiary/aromatic N) is 6. The summed E-state index contributed by atoms with van der Waals surface area (Å²) in [6.07, 6.45) is 4.79. The van der Waals surface area contributed by atoms with Gasteiger partial charge in [0, 0.05) is 87.2 Å². The summed E-state index contributed by atoms with van der Waals surface area (Å²) >= 11 is 0. The number of piperazine rings is 1. The fourth-order valence-electron chi connectivity index (χ4n) is 5.47. The quantitative estimate of drug-likeness (QED) is 0.448. The maximum atomic E-state index is 12.9. The SMILES string of the molecule is C=CC(=O)N1CC(CC)(CCn2c(=O)ccc3cnc(Nc4ccc(N5CCN(C(C)=O)CC5)cc4)nc32)C1. The maximum Gasteiger partial charge on any atom is 0.252 e. The number of carbonyl (C=O) groups excluding carboxylic acids is 2. The zero-order valence-corrected chi connectivity index (χ0v) is 22.6. The van der Waals surface area contributed by atoms with Crippen molar-refractivity contribution in [1.29, 1.82) is 0 Å². The Kier molecular flexibility index (Phi) is 7.36. The minimum absolute atomic E-state index is 0.00512. The monoisotopic (exact) mass is 529 g/mol. The number of anilines is 3. The first-order chi connectivity index (χ1) is 18.8. The van der Waals surface area contributed by atoms with Gasteiger partial charge in [-0.3, -0.25) is 19.0 Å². The van der Waals surface area contributed by atoms with Gasteiger partial charge in [-0.2, -0.15) is 4.98 Å². The lowest BCUT2D eigenvalue weighted by atomic mass is 9.74. The van der Waals surface area contributed by atoms with Crippen molar-refractivity contribution in [1.82, 2.24) is 24.3 Å². The second-order valence-corrected chi connectivity index (χ2v) is 10.5. The van der Waals surface area contributed by atoms with Crippen molar-refractivity contribution in [3.8, 4) is 0 Å². The van der Waals surface area contributed by atoms with Crippen molar-refractivity contribution in [2.24, 2.45) is 5.41 Å². The van der Waals surface area contributed by atoms with Crippen LogP contribution < -0.4 is 15.8 Å². The molecule has 0 aliphatic carbocycles. The molecule has 0 radical (unpaired) electrons. The zero-order valence-electron chi connectivity index (χ0n) is 22.6. The summed E-state index contributed by atoms with van der Waals surface area (Å²) in [6.45, 7) is 12.3. The van der Waals surface area contributed by atoms with Gasteiger partial charge in [0.15, 0.2) is 0 Å². The fraction of sp³-hybridized carbons (Fsp3) is 0.414. The highest BCUT2D eigenvalue weighted by atomic mass is 16.2. The molecule has 0 bridgehead atoms. The molecular weight excluding hydrogens is 494 g/mol. The van der Waals surface area contributed by atoms with Crippen molar-refractivity contribution >= 4 is 40.2 Å². The van der Waals surface area contributed by atoms with Gasteiger partial charge in [-0.15, -0.1) is 0 Å². The number of pyridine rings is 1. The van der Waals surface area contributed by atoms with Gasteiger partial charge in [0.05, 0.1) is 0 Å². The minimum atomic E-state index is -0.106. The molecule has 5 rings (SSSR count). The van der Waals surface area contributed by atoms with E-state index in [9.17, 15) is 14.4 Å². The first-order valence-electron chi connectivity index (χ1n) is 13.5. The third-order valence-electron chi connectivity index (χ3n) is 8.09. The lowest BCUT2D eigenvalue weighted by molar-refractivity contribution is -0.138. The first kappa shape index (κ1) is 26.4. The molecule has 2 aromatic heterocycles. The Bertz CT molecular complexity index is 1440. The molecule has 0 atom stereocenters. The van der Waals surface area contributed by atoms with E-state index in [-0.39, 0.29) is 22.8 Å². The second kappa shape index (κ2) is 10.9. The van der Waals surface area contributed by atoms with Crippen LogP contribution in [0.4, 0.5) is 17.3 Å². The lowest BCUT2D eigenvalue weighted by Gasteiger charge is -2.50. The molecule has 2 saturated heterocycles. The molecule has 10 heteroatoms. The van der Waals surface area contributed by atoms with E-state index in [4.69, 9.17) is 4.98 Å². The molecule has 3 aromatic rings. The van der Waals surface area contributed by atoms with Crippen molar-refractivity contribution in [2.75, 3.05) is 49.5 Å². The zero-order chi connectivity index (χ0) is 27.6. The van der Waals surface area contributed by atoms with Crippen LogP contribution >= 0.6 is 0 Å². The van der Waals surface area contributed by atoms with Crippen LogP contribution in [0.5, 0.6) is 0 Å². The van der Waals surface area contributed by atoms with E-state index >= 15 is 0 Å². The number of nitrogens with one attached hydrogen (secondary N) is 1. The molecule has 1 aromatic carbocycles. The Labute approximate surface area is 227 Å². The molecule has 39 heavy (non-hydrogen) atoms. The smallest absolute Gasteiger partial charge is 0.252 e. The van der Waals surface area contributed by atoms with Crippen LogP contribution in [0.2, 0.25) is 0 Å². The Morgan fingerprint density at radius 2 is 1.77 bits per heavy atom. The van der Waals surface area contributed by atoms with E-state index in [1.165, 1.54) is 6.08 Å². The molecule has 10 nitrogen and oxygen atoms in total. The van der Waals surface area contributed by atoms with Crippen molar-refractivity contribution in [3.05, 3.63) is 65.6 Å². The molecule has 0 spiro atoms. The number of benzene rings is 1. The molecule has 204 valence electrons. The Morgan fingerprint density at radius 3 is 2.41 bits per heavy atom. The fourth-order valence-corrected chi connectivity index (χ4v) is 5.47. The highest BCUT2D eigenvalue weighted by Crippen LogP contribution is 2.38. The molecule has 2 aliphatic rings. The van der Waals surface area contributed by atoms with E-state index in [1.807, 2.05) is 29.2 Å². The molecule has 0 saturated carbocycles. The summed E-state index contributed by atoms with van der Waals surface area (Å²) in [5, 5.41) is 4.06. The number of hydrogen-bond donors (Lipinski definition) is 1. The number of likely N-dealkylation sites (tertiary alicyclic amines) is 1. The van der Waals surface area contributed by atoms with Gasteiger partial charge in [0.1, 0.15) is 5.65 Å². The molecule has 0 unspecified atom stereocenters. The van der Waals surface area contributed by atoms with Gasteiger partial charge in [-0.05, 0) is 49.2 Å². The summed E-state index contributed by atoms with van der Waals surface area (Å²) in [7, 11) is 0. The van der Waals surface area contributed by atoms with Gasteiger partial charge < -0.3 is 20.0 Å². The Hall–Kier alpha value is -4.21. The molecule has 4 heterocycles. The molecule has 1 N–H and O–H groups in total. The second-order valence-electron chi connectivity index (χ2n) is 10.5. The van der Waals surface area contributed by atoms with E-state index < -0.39 is 0 Å². The summed E-state index contributed by atoms with van der Waals surface area (Å²) in [5.41, 5.74) is 2.42. The van der Waals surface area contributed by atoms with Crippen molar-refractivity contribution in [3.63, 3.8) is 0 Å².